The summed E-state index contributed by atoms with van der Waals surface area (Å²) in [7, 11) is 0. The SMILES string of the molecule is [NH]C1=CCc2cccn21. The van der Waals surface area contributed by atoms with E-state index < -0.39 is 0 Å². The van der Waals surface area contributed by atoms with E-state index >= 15 is 0 Å². The molecule has 0 unspecified atom stereocenters. The van der Waals surface area contributed by atoms with E-state index in [1.54, 1.807) is 0 Å². The fourth-order valence-corrected chi connectivity index (χ4v) is 1.12. The molecule has 2 nitrogen and oxygen atoms in total. The van der Waals surface area contributed by atoms with Crippen LogP contribution in [0.1, 0.15) is 5.69 Å². The van der Waals surface area contributed by atoms with Crippen molar-refractivity contribution in [3.8, 4) is 0 Å². The first-order valence-electron chi connectivity index (χ1n) is 2.96. The molecule has 2 heteroatoms. The van der Waals surface area contributed by atoms with Crippen molar-refractivity contribution >= 4 is 5.82 Å². The fraction of sp³-hybridized carbons (Fsp3) is 0.143. The molecule has 1 N–H and O–H groups in total. The predicted molar refractivity (Wildman–Crippen MR) is 35.5 cm³/mol. The molecule has 45 valence electrons. The molecule has 1 aliphatic rings. The van der Waals surface area contributed by atoms with Gasteiger partial charge in [-0.2, -0.15) is 0 Å². The van der Waals surface area contributed by atoms with Crippen LogP contribution >= 0.6 is 0 Å². The summed E-state index contributed by atoms with van der Waals surface area (Å²) >= 11 is 0. The van der Waals surface area contributed by atoms with Gasteiger partial charge in [-0.1, -0.05) is 0 Å². The number of rotatable bonds is 0. The van der Waals surface area contributed by atoms with Crippen LogP contribution in [0.5, 0.6) is 0 Å². The minimum atomic E-state index is 0.606. The maximum Gasteiger partial charge on any atom is 0.125 e. The first-order valence-corrected chi connectivity index (χ1v) is 2.96. The minimum Gasteiger partial charge on any atom is -0.306 e. The lowest BCUT2D eigenvalue weighted by molar-refractivity contribution is 1.03. The fourth-order valence-electron chi connectivity index (χ4n) is 1.12. The highest BCUT2D eigenvalue weighted by Crippen LogP contribution is 2.15. The lowest BCUT2D eigenvalue weighted by atomic mass is 10.3. The van der Waals surface area contributed by atoms with E-state index in [-0.39, 0.29) is 0 Å². The molecule has 0 saturated carbocycles. The Balaban J connectivity index is 2.62. The topological polar surface area (TPSA) is 28.7 Å². The summed E-state index contributed by atoms with van der Waals surface area (Å²) in [6.07, 6.45) is 4.75. The van der Waals surface area contributed by atoms with Gasteiger partial charge in [0, 0.05) is 18.3 Å². The first kappa shape index (κ1) is 4.68. The largest absolute Gasteiger partial charge is 0.306 e. The maximum atomic E-state index is 7.35. The zero-order valence-corrected chi connectivity index (χ0v) is 4.96. The molecule has 2 heterocycles. The zero-order chi connectivity index (χ0) is 6.27. The van der Waals surface area contributed by atoms with Crippen LogP contribution in [0.15, 0.2) is 24.4 Å². The van der Waals surface area contributed by atoms with Gasteiger partial charge in [0.05, 0.1) is 0 Å². The van der Waals surface area contributed by atoms with Crippen LogP contribution in [0.2, 0.25) is 0 Å². The molecule has 0 fully saturated rings. The average molecular weight is 119 g/mol. The summed E-state index contributed by atoms with van der Waals surface area (Å²) in [5.74, 6) is 0.606. The molecular formula is C7H7N2. The summed E-state index contributed by atoms with van der Waals surface area (Å²) in [6.45, 7) is 0. The Bertz CT molecular complexity index is 258. The summed E-state index contributed by atoms with van der Waals surface area (Å²) < 4.78 is 1.89. The lowest BCUT2D eigenvalue weighted by Crippen LogP contribution is -1.91. The molecule has 1 radical (unpaired) electrons. The average Bonchev–Trinajstić information content (AvgIpc) is 2.35. The second-order valence-corrected chi connectivity index (χ2v) is 2.16. The highest BCUT2D eigenvalue weighted by Gasteiger charge is 2.07. The van der Waals surface area contributed by atoms with E-state index in [1.807, 2.05) is 29.0 Å². The standard InChI is InChI=1S/C7H7N2/c8-7-4-3-6-2-1-5-9(6)7/h1-2,4-5,8H,3H2. The van der Waals surface area contributed by atoms with Gasteiger partial charge in [-0.15, -0.1) is 0 Å². The molecule has 0 bridgehead atoms. The summed E-state index contributed by atoms with van der Waals surface area (Å²) in [5.41, 5.74) is 8.58. The van der Waals surface area contributed by atoms with Gasteiger partial charge in [-0.25, -0.2) is 0 Å². The summed E-state index contributed by atoms with van der Waals surface area (Å²) in [5, 5.41) is 0. The predicted octanol–water partition coefficient (Wildman–Crippen LogP) is 1.13. The zero-order valence-electron chi connectivity index (χ0n) is 4.96. The van der Waals surface area contributed by atoms with Crippen LogP contribution in [0, 0.1) is 0 Å². The highest BCUT2D eigenvalue weighted by atomic mass is 15.1. The number of fused-ring (bicyclic) bond motifs is 1. The van der Waals surface area contributed by atoms with Crippen molar-refractivity contribution in [1.29, 1.82) is 0 Å². The van der Waals surface area contributed by atoms with E-state index in [1.165, 1.54) is 5.69 Å². The molecule has 1 aliphatic heterocycles. The molecule has 0 amide bonds. The third-order valence-electron chi connectivity index (χ3n) is 1.60. The van der Waals surface area contributed by atoms with E-state index in [9.17, 15) is 0 Å². The normalized spacial score (nSPS) is 15.3. The minimum absolute atomic E-state index is 0.606. The number of nitrogens with zero attached hydrogens (tertiary/aromatic N) is 1. The summed E-state index contributed by atoms with van der Waals surface area (Å²) in [6, 6.07) is 4.01. The molecule has 9 heavy (non-hydrogen) atoms. The van der Waals surface area contributed by atoms with Gasteiger partial charge in [0.15, 0.2) is 0 Å². The Morgan fingerprint density at radius 2 is 2.44 bits per heavy atom. The van der Waals surface area contributed by atoms with Gasteiger partial charge in [0.25, 0.3) is 0 Å². The Hall–Kier alpha value is -1.18. The highest BCUT2D eigenvalue weighted by molar-refractivity contribution is 5.48. The van der Waals surface area contributed by atoms with E-state index in [0.717, 1.165) is 6.42 Å². The molecule has 0 saturated heterocycles. The van der Waals surface area contributed by atoms with E-state index in [2.05, 4.69) is 0 Å². The van der Waals surface area contributed by atoms with Crippen molar-refractivity contribution in [2.45, 2.75) is 6.42 Å². The monoisotopic (exact) mass is 119 g/mol. The van der Waals surface area contributed by atoms with Crippen LogP contribution in [-0.4, -0.2) is 4.57 Å². The second-order valence-electron chi connectivity index (χ2n) is 2.16. The van der Waals surface area contributed by atoms with Gasteiger partial charge in [-0.05, 0) is 18.2 Å². The van der Waals surface area contributed by atoms with Crippen molar-refractivity contribution in [2.75, 3.05) is 0 Å². The maximum absolute atomic E-state index is 7.35. The van der Waals surface area contributed by atoms with Crippen molar-refractivity contribution in [2.24, 2.45) is 0 Å². The Morgan fingerprint density at radius 1 is 1.56 bits per heavy atom. The van der Waals surface area contributed by atoms with Crippen LogP contribution in [-0.2, 0) is 6.42 Å². The molecule has 0 aliphatic carbocycles. The number of nitrogens with one attached hydrogen (secondary N) is 1. The smallest absolute Gasteiger partial charge is 0.125 e. The van der Waals surface area contributed by atoms with Gasteiger partial charge in [0.2, 0.25) is 0 Å². The molecule has 2 rings (SSSR count). The number of hydrogen-bond donors (Lipinski definition) is 0. The van der Waals surface area contributed by atoms with E-state index in [0.29, 0.717) is 5.82 Å². The van der Waals surface area contributed by atoms with Crippen molar-refractivity contribution in [1.82, 2.24) is 10.3 Å². The van der Waals surface area contributed by atoms with Crippen LogP contribution in [0.25, 0.3) is 5.82 Å². The molecular weight excluding hydrogens is 112 g/mol. The van der Waals surface area contributed by atoms with Gasteiger partial charge in [0.1, 0.15) is 5.82 Å². The van der Waals surface area contributed by atoms with Gasteiger partial charge >= 0.3 is 0 Å². The van der Waals surface area contributed by atoms with Gasteiger partial charge in [-0.3, -0.25) is 5.73 Å². The first-order chi connectivity index (χ1) is 4.38. The van der Waals surface area contributed by atoms with E-state index in [4.69, 9.17) is 5.73 Å². The molecule has 0 atom stereocenters. The molecule has 0 spiro atoms. The van der Waals surface area contributed by atoms with Crippen molar-refractivity contribution in [3.05, 3.63) is 30.1 Å². The number of aromatic nitrogens is 1. The second kappa shape index (κ2) is 1.41. The number of allylic oxidation sites excluding steroid dienone is 1. The molecule has 1 aromatic heterocycles. The Labute approximate surface area is 53.6 Å². The lowest BCUT2D eigenvalue weighted by Gasteiger charge is -1.95. The van der Waals surface area contributed by atoms with Crippen LogP contribution in [0.3, 0.4) is 0 Å². The number of hydrogen-bond acceptors (Lipinski definition) is 0. The Morgan fingerprint density at radius 3 is 3.22 bits per heavy atom. The van der Waals surface area contributed by atoms with Crippen molar-refractivity contribution in [3.63, 3.8) is 0 Å². The Kier molecular flexibility index (Phi) is 0.730. The van der Waals surface area contributed by atoms with Crippen LogP contribution in [0.4, 0.5) is 0 Å². The summed E-state index contributed by atoms with van der Waals surface area (Å²) in [4.78, 5) is 0. The molecule has 0 aromatic carbocycles. The van der Waals surface area contributed by atoms with Crippen LogP contribution < -0.4 is 5.73 Å². The molecule has 1 aromatic rings. The quantitative estimate of drug-likeness (QED) is 0.489. The third-order valence-corrected chi connectivity index (χ3v) is 1.60. The third kappa shape index (κ3) is 0.499. The van der Waals surface area contributed by atoms with Crippen molar-refractivity contribution < 1.29 is 0 Å². The van der Waals surface area contributed by atoms with Gasteiger partial charge < -0.3 is 4.57 Å².